The van der Waals surface area contributed by atoms with Gasteiger partial charge in [0, 0.05) is 11.1 Å². The summed E-state index contributed by atoms with van der Waals surface area (Å²) in [6.45, 7) is 3.37. The summed E-state index contributed by atoms with van der Waals surface area (Å²) < 4.78 is 0. The summed E-state index contributed by atoms with van der Waals surface area (Å²) in [5.41, 5.74) is 0.823. The molecular weight excluding hydrogens is 180 g/mol. The molecular formula is C7H10O2S2. The molecule has 0 aliphatic rings. The van der Waals surface area contributed by atoms with E-state index in [0.717, 1.165) is 0 Å². The zero-order valence-corrected chi connectivity index (χ0v) is 8.21. The van der Waals surface area contributed by atoms with E-state index in [9.17, 15) is 9.59 Å². The zero-order valence-electron chi connectivity index (χ0n) is 6.42. The average molecular weight is 190 g/mol. The first kappa shape index (κ1) is 10.8. The molecule has 0 fully saturated rings. The van der Waals surface area contributed by atoms with Crippen LogP contribution in [0.1, 0.15) is 20.3 Å². The standard InChI is InChI=1S/C7H10O2S2/c1-3-5(7(9)11)4(2)6(8)10/h3H2,1-2H3,(H,8,10)(H,9,11). The largest absolute Gasteiger partial charge is 0.282 e. The SMILES string of the molecule is CCC(C(=O)S)=C(C)C(=O)S. The third-order valence-corrected chi connectivity index (χ3v) is 1.99. The molecule has 0 spiro atoms. The molecule has 0 N–H and O–H groups in total. The number of hydrogen-bond acceptors (Lipinski definition) is 2. The molecule has 11 heavy (non-hydrogen) atoms. The minimum absolute atomic E-state index is 0.354. The molecule has 0 amide bonds. The first-order chi connectivity index (χ1) is 5.00. The topological polar surface area (TPSA) is 34.1 Å². The van der Waals surface area contributed by atoms with E-state index in [0.29, 0.717) is 17.6 Å². The Morgan fingerprint density at radius 1 is 1.18 bits per heavy atom. The molecule has 0 unspecified atom stereocenters. The van der Waals surface area contributed by atoms with Gasteiger partial charge in [-0.05, 0) is 13.3 Å². The Bertz CT molecular complexity index is 218. The van der Waals surface area contributed by atoms with Crippen LogP contribution in [0, 0.1) is 0 Å². The van der Waals surface area contributed by atoms with Gasteiger partial charge in [-0.1, -0.05) is 6.92 Å². The van der Waals surface area contributed by atoms with E-state index in [1.807, 2.05) is 0 Å². The second kappa shape index (κ2) is 4.62. The van der Waals surface area contributed by atoms with Crippen LogP contribution in [0.3, 0.4) is 0 Å². The number of carbonyl (C=O) groups is 2. The number of hydrogen-bond donors (Lipinski definition) is 2. The maximum atomic E-state index is 10.7. The normalized spacial score (nSPS) is 12.4. The van der Waals surface area contributed by atoms with Crippen molar-refractivity contribution < 1.29 is 9.59 Å². The number of rotatable bonds is 3. The Hall–Kier alpha value is -0.220. The second-order valence-corrected chi connectivity index (χ2v) is 2.88. The minimum atomic E-state index is -0.371. The highest BCUT2D eigenvalue weighted by Crippen LogP contribution is 2.13. The van der Waals surface area contributed by atoms with Gasteiger partial charge in [0.25, 0.3) is 0 Å². The van der Waals surface area contributed by atoms with E-state index in [-0.39, 0.29) is 10.2 Å². The minimum Gasteiger partial charge on any atom is -0.282 e. The molecule has 0 heterocycles. The predicted octanol–water partition coefficient (Wildman–Crippen LogP) is 1.63. The molecule has 62 valence electrons. The van der Waals surface area contributed by atoms with Gasteiger partial charge in [0.2, 0.25) is 10.2 Å². The van der Waals surface area contributed by atoms with Crippen molar-refractivity contribution in [2.75, 3.05) is 0 Å². The highest BCUT2D eigenvalue weighted by Gasteiger charge is 2.09. The first-order valence-corrected chi connectivity index (χ1v) is 4.06. The van der Waals surface area contributed by atoms with E-state index in [1.54, 1.807) is 13.8 Å². The van der Waals surface area contributed by atoms with Crippen molar-refractivity contribution in [3.63, 3.8) is 0 Å². The average Bonchev–Trinajstić information content (AvgIpc) is 1.88. The van der Waals surface area contributed by atoms with Crippen LogP contribution in [0.4, 0.5) is 0 Å². The van der Waals surface area contributed by atoms with Crippen molar-refractivity contribution in [3.05, 3.63) is 11.1 Å². The Kier molecular flexibility index (Phi) is 4.52. The fraction of sp³-hybridized carbons (Fsp3) is 0.429. The van der Waals surface area contributed by atoms with Crippen molar-refractivity contribution in [1.82, 2.24) is 0 Å². The fourth-order valence-corrected chi connectivity index (χ4v) is 1.17. The molecule has 0 atom stereocenters. The van der Waals surface area contributed by atoms with Crippen LogP contribution >= 0.6 is 25.3 Å². The van der Waals surface area contributed by atoms with Gasteiger partial charge in [-0.15, -0.1) is 25.3 Å². The van der Waals surface area contributed by atoms with Gasteiger partial charge in [0.1, 0.15) is 0 Å². The van der Waals surface area contributed by atoms with Crippen molar-refractivity contribution in [3.8, 4) is 0 Å². The van der Waals surface area contributed by atoms with Crippen LogP contribution in [0.25, 0.3) is 0 Å². The van der Waals surface area contributed by atoms with Gasteiger partial charge in [0.05, 0.1) is 0 Å². The predicted molar refractivity (Wildman–Crippen MR) is 51.0 cm³/mol. The highest BCUT2D eigenvalue weighted by atomic mass is 32.1. The molecule has 4 heteroatoms. The summed E-state index contributed by atoms with van der Waals surface area (Å²) in [5.74, 6) is 0. The van der Waals surface area contributed by atoms with Crippen molar-refractivity contribution in [2.24, 2.45) is 0 Å². The van der Waals surface area contributed by atoms with Gasteiger partial charge in [-0.25, -0.2) is 0 Å². The molecule has 0 aromatic rings. The molecule has 0 rings (SSSR count). The van der Waals surface area contributed by atoms with Gasteiger partial charge in [-0.2, -0.15) is 0 Å². The Labute approximate surface area is 76.9 Å². The van der Waals surface area contributed by atoms with E-state index in [1.165, 1.54) is 0 Å². The Morgan fingerprint density at radius 2 is 1.64 bits per heavy atom. The molecule has 0 saturated carbocycles. The molecule has 0 aliphatic carbocycles. The van der Waals surface area contributed by atoms with Gasteiger partial charge < -0.3 is 0 Å². The van der Waals surface area contributed by atoms with Crippen LogP contribution in [0.5, 0.6) is 0 Å². The summed E-state index contributed by atoms with van der Waals surface area (Å²) >= 11 is 7.22. The highest BCUT2D eigenvalue weighted by molar-refractivity contribution is 7.97. The smallest absolute Gasteiger partial charge is 0.212 e. The van der Waals surface area contributed by atoms with E-state index in [4.69, 9.17) is 0 Å². The maximum absolute atomic E-state index is 10.7. The Morgan fingerprint density at radius 3 is 1.73 bits per heavy atom. The van der Waals surface area contributed by atoms with Crippen LogP contribution in [-0.4, -0.2) is 10.2 Å². The summed E-state index contributed by atoms with van der Waals surface area (Å²) in [6, 6.07) is 0. The lowest BCUT2D eigenvalue weighted by Gasteiger charge is -2.01. The van der Waals surface area contributed by atoms with Crippen LogP contribution in [0.15, 0.2) is 11.1 Å². The molecule has 0 aromatic heterocycles. The number of carbonyl (C=O) groups excluding carboxylic acids is 2. The third-order valence-electron chi connectivity index (χ3n) is 1.39. The van der Waals surface area contributed by atoms with Crippen LogP contribution in [0.2, 0.25) is 0 Å². The summed E-state index contributed by atoms with van der Waals surface area (Å²) in [6.07, 6.45) is 0.514. The lowest BCUT2D eigenvalue weighted by Crippen LogP contribution is -2.01. The van der Waals surface area contributed by atoms with Crippen molar-refractivity contribution in [2.45, 2.75) is 20.3 Å². The molecule has 0 bridgehead atoms. The van der Waals surface area contributed by atoms with E-state index in [2.05, 4.69) is 25.3 Å². The second-order valence-electron chi connectivity index (χ2n) is 2.07. The fourth-order valence-electron chi connectivity index (χ4n) is 0.706. The molecule has 0 aromatic carbocycles. The summed E-state index contributed by atoms with van der Waals surface area (Å²) in [5, 5.41) is -0.725. The first-order valence-electron chi connectivity index (χ1n) is 3.17. The van der Waals surface area contributed by atoms with Crippen molar-refractivity contribution >= 4 is 35.5 Å². The summed E-state index contributed by atoms with van der Waals surface area (Å²) in [7, 11) is 0. The third kappa shape index (κ3) is 3.12. The Balaban J connectivity index is 4.83. The van der Waals surface area contributed by atoms with Gasteiger partial charge in [-0.3, -0.25) is 9.59 Å². The lowest BCUT2D eigenvalue weighted by atomic mass is 10.1. The molecule has 0 radical (unpaired) electrons. The van der Waals surface area contributed by atoms with Gasteiger partial charge in [0.15, 0.2) is 0 Å². The molecule has 0 saturated heterocycles. The summed E-state index contributed by atoms with van der Waals surface area (Å²) in [4.78, 5) is 21.4. The van der Waals surface area contributed by atoms with E-state index >= 15 is 0 Å². The lowest BCUT2D eigenvalue weighted by molar-refractivity contribution is -0.110. The zero-order chi connectivity index (χ0) is 9.02. The maximum Gasteiger partial charge on any atom is 0.212 e. The van der Waals surface area contributed by atoms with Gasteiger partial charge >= 0.3 is 0 Å². The molecule has 2 nitrogen and oxygen atoms in total. The number of thiol groups is 2. The van der Waals surface area contributed by atoms with E-state index < -0.39 is 0 Å². The van der Waals surface area contributed by atoms with Crippen LogP contribution < -0.4 is 0 Å². The van der Waals surface area contributed by atoms with Crippen LogP contribution in [-0.2, 0) is 9.59 Å². The molecule has 0 aliphatic heterocycles. The quantitative estimate of drug-likeness (QED) is 0.524. The monoisotopic (exact) mass is 190 g/mol. The van der Waals surface area contributed by atoms with Crippen molar-refractivity contribution in [1.29, 1.82) is 0 Å².